The molecule has 0 saturated heterocycles. The minimum atomic E-state index is 0.0784. The van der Waals surface area contributed by atoms with Crippen LogP contribution >= 0.6 is 0 Å². The van der Waals surface area contributed by atoms with Crippen molar-refractivity contribution in [2.24, 2.45) is 5.92 Å². The van der Waals surface area contributed by atoms with Gasteiger partial charge in [-0.3, -0.25) is 0 Å². The number of aliphatic hydroxyl groups excluding tert-OH is 1. The quantitative estimate of drug-likeness (QED) is 0.780. The van der Waals surface area contributed by atoms with Gasteiger partial charge in [0.1, 0.15) is 12.1 Å². The van der Waals surface area contributed by atoms with Gasteiger partial charge in [-0.25, -0.2) is 14.6 Å². The van der Waals surface area contributed by atoms with E-state index < -0.39 is 0 Å². The van der Waals surface area contributed by atoms with E-state index >= 15 is 0 Å². The van der Waals surface area contributed by atoms with Crippen molar-refractivity contribution < 1.29 is 5.11 Å². The van der Waals surface area contributed by atoms with Gasteiger partial charge in [-0.05, 0) is 18.8 Å². The van der Waals surface area contributed by atoms with Gasteiger partial charge in [-0.1, -0.05) is 27.2 Å². The zero-order valence-electron chi connectivity index (χ0n) is 13.1. The van der Waals surface area contributed by atoms with Crippen LogP contribution < -0.4 is 5.32 Å². The summed E-state index contributed by atoms with van der Waals surface area (Å²) in [5, 5.41) is 17.9. The number of unbranched alkanes of at least 4 members (excludes halogenated alkanes) is 1. The SMILES string of the molecule is CCCCn1nc(CC(C)C)c2c(NCCO)ncnc21. The fourth-order valence-corrected chi connectivity index (χ4v) is 2.38. The maximum atomic E-state index is 9.01. The van der Waals surface area contributed by atoms with E-state index in [0.29, 0.717) is 12.5 Å². The van der Waals surface area contributed by atoms with Crippen molar-refractivity contribution >= 4 is 16.9 Å². The molecule has 0 radical (unpaired) electrons. The summed E-state index contributed by atoms with van der Waals surface area (Å²) in [5.41, 5.74) is 1.92. The predicted octanol–water partition coefficient (Wildman–Crippen LogP) is 2.23. The van der Waals surface area contributed by atoms with Crippen LogP contribution in [0.2, 0.25) is 0 Å². The summed E-state index contributed by atoms with van der Waals surface area (Å²) >= 11 is 0. The molecule has 21 heavy (non-hydrogen) atoms. The number of hydrogen-bond acceptors (Lipinski definition) is 5. The summed E-state index contributed by atoms with van der Waals surface area (Å²) in [6.45, 7) is 7.97. The number of aryl methyl sites for hydroxylation is 1. The lowest BCUT2D eigenvalue weighted by Crippen LogP contribution is -2.08. The van der Waals surface area contributed by atoms with Gasteiger partial charge in [0.2, 0.25) is 0 Å². The van der Waals surface area contributed by atoms with Gasteiger partial charge in [0.05, 0.1) is 17.7 Å². The maximum absolute atomic E-state index is 9.01. The average Bonchev–Trinajstić information content (AvgIpc) is 2.81. The van der Waals surface area contributed by atoms with Crippen LogP contribution in [0.25, 0.3) is 11.0 Å². The molecule has 0 aliphatic carbocycles. The molecular formula is C15H25N5O. The number of rotatable bonds is 8. The molecule has 2 rings (SSSR count). The molecule has 0 aromatic carbocycles. The third kappa shape index (κ3) is 3.69. The zero-order chi connectivity index (χ0) is 15.2. The first-order valence-corrected chi connectivity index (χ1v) is 7.72. The van der Waals surface area contributed by atoms with Gasteiger partial charge in [0.15, 0.2) is 5.65 Å². The van der Waals surface area contributed by atoms with E-state index in [1.165, 1.54) is 0 Å². The molecule has 6 heteroatoms. The fourth-order valence-electron chi connectivity index (χ4n) is 2.38. The highest BCUT2D eigenvalue weighted by Gasteiger charge is 2.17. The molecule has 0 amide bonds. The van der Waals surface area contributed by atoms with Crippen LogP contribution in [0.3, 0.4) is 0 Å². The number of anilines is 1. The molecule has 116 valence electrons. The van der Waals surface area contributed by atoms with Crippen molar-refractivity contribution in [1.82, 2.24) is 19.7 Å². The largest absolute Gasteiger partial charge is 0.395 e. The van der Waals surface area contributed by atoms with Crippen molar-refractivity contribution in [2.45, 2.75) is 46.6 Å². The Balaban J connectivity index is 2.46. The summed E-state index contributed by atoms with van der Waals surface area (Å²) in [6.07, 6.45) is 4.67. The number of aliphatic hydroxyl groups is 1. The van der Waals surface area contributed by atoms with Gasteiger partial charge in [0.25, 0.3) is 0 Å². The van der Waals surface area contributed by atoms with Crippen LogP contribution in [0.1, 0.15) is 39.3 Å². The summed E-state index contributed by atoms with van der Waals surface area (Å²) in [4.78, 5) is 8.74. The molecule has 0 fully saturated rings. The highest BCUT2D eigenvalue weighted by atomic mass is 16.3. The summed E-state index contributed by atoms with van der Waals surface area (Å²) < 4.78 is 1.99. The van der Waals surface area contributed by atoms with Gasteiger partial charge in [0, 0.05) is 13.1 Å². The summed E-state index contributed by atoms with van der Waals surface area (Å²) in [5.74, 6) is 1.29. The first-order valence-electron chi connectivity index (χ1n) is 7.72. The van der Waals surface area contributed by atoms with Crippen molar-refractivity contribution in [2.75, 3.05) is 18.5 Å². The smallest absolute Gasteiger partial charge is 0.163 e. The minimum absolute atomic E-state index is 0.0784. The van der Waals surface area contributed by atoms with Crippen LogP contribution in [-0.2, 0) is 13.0 Å². The van der Waals surface area contributed by atoms with Crippen LogP contribution in [0.15, 0.2) is 6.33 Å². The fraction of sp³-hybridized carbons (Fsp3) is 0.667. The Morgan fingerprint density at radius 1 is 1.33 bits per heavy atom. The van der Waals surface area contributed by atoms with Crippen molar-refractivity contribution in [1.29, 1.82) is 0 Å². The van der Waals surface area contributed by atoms with Crippen LogP contribution in [0.5, 0.6) is 0 Å². The highest BCUT2D eigenvalue weighted by Crippen LogP contribution is 2.25. The van der Waals surface area contributed by atoms with Crippen LogP contribution in [-0.4, -0.2) is 38.0 Å². The molecule has 0 unspecified atom stereocenters. The van der Waals surface area contributed by atoms with E-state index in [-0.39, 0.29) is 6.61 Å². The first-order chi connectivity index (χ1) is 10.2. The lowest BCUT2D eigenvalue weighted by Gasteiger charge is -2.06. The number of nitrogens with one attached hydrogen (secondary N) is 1. The molecule has 0 atom stereocenters. The van der Waals surface area contributed by atoms with Gasteiger partial charge in [-0.2, -0.15) is 5.10 Å². The predicted molar refractivity (Wildman–Crippen MR) is 84.3 cm³/mol. The minimum Gasteiger partial charge on any atom is -0.395 e. The standard InChI is InChI=1S/C15H25N5O/c1-4-5-7-20-15-13(12(19-20)9-11(2)3)14(16-6-8-21)17-10-18-15/h10-11,21H,4-9H2,1-3H3,(H,16,17,18). The zero-order valence-corrected chi connectivity index (χ0v) is 13.1. The average molecular weight is 291 g/mol. The number of hydrogen-bond donors (Lipinski definition) is 2. The van der Waals surface area contributed by atoms with Gasteiger partial charge >= 0.3 is 0 Å². The van der Waals surface area contributed by atoms with Crippen molar-refractivity contribution in [3.63, 3.8) is 0 Å². The number of fused-ring (bicyclic) bond motifs is 1. The van der Waals surface area contributed by atoms with Crippen LogP contribution in [0, 0.1) is 5.92 Å². The Hall–Kier alpha value is -1.69. The molecule has 0 saturated carbocycles. The van der Waals surface area contributed by atoms with E-state index in [1.54, 1.807) is 6.33 Å². The molecule has 2 N–H and O–H groups in total. The van der Waals surface area contributed by atoms with E-state index in [4.69, 9.17) is 10.2 Å². The topological polar surface area (TPSA) is 75.9 Å². The molecule has 2 aromatic rings. The first kappa shape index (κ1) is 15.7. The van der Waals surface area contributed by atoms with Crippen molar-refractivity contribution in [3.05, 3.63) is 12.0 Å². The monoisotopic (exact) mass is 291 g/mol. The second-order valence-electron chi connectivity index (χ2n) is 5.69. The Kier molecular flexibility index (Phi) is 5.50. The highest BCUT2D eigenvalue weighted by molar-refractivity contribution is 5.89. The second kappa shape index (κ2) is 7.36. The maximum Gasteiger partial charge on any atom is 0.163 e. The van der Waals surface area contributed by atoms with Gasteiger partial charge in [-0.15, -0.1) is 0 Å². The normalized spacial score (nSPS) is 11.5. The van der Waals surface area contributed by atoms with E-state index in [0.717, 1.165) is 48.4 Å². The van der Waals surface area contributed by atoms with E-state index in [1.807, 2.05) is 4.68 Å². The molecule has 0 aliphatic rings. The Morgan fingerprint density at radius 3 is 2.81 bits per heavy atom. The molecule has 0 bridgehead atoms. The molecule has 2 aromatic heterocycles. The molecule has 0 aliphatic heterocycles. The van der Waals surface area contributed by atoms with Gasteiger partial charge < -0.3 is 10.4 Å². The summed E-state index contributed by atoms with van der Waals surface area (Å²) in [7, 11) is 0. The Morgan fingerprint density at radius 2 is 2.14 bits per heavy atom. The lowest BCUT2D eigenvalue weighted by atomic mass is 10.1. The Bertz CT molecular complexity index is 579. The molecule has 0 spiro atoms. The molecular weight excluding hydrogens is 266 g/mol. The van der Waals surface area contributed by atoms with Crippen molar-refractivity contribution in [3.8, 4) is 0 Å². The second-order valence-corrected chi connectivity index (χ2v) is 5.69. The number of nitrogens with zero attached hydrogens (tertiary/aromatic N) is 4. The molecule has 2 heterocycles. The molecule has 6 nitrogen and oxygen atoms in total. The Labute approximate surface area is 125 Å². The third-order valence-corrected chi connectivity index (χ3v) is 3.33. The lowest BCUT2D eigenvalue weighted by molar-refractivity contribution is 0.311. The number of aromatic nitrogens is 4. The van der Waals surface area contributed by atoms with Crippen LogP contribution in [0.4, 0.5) is 5.82 Å². The third-order valence-electron chi connectivity index (χ3n) is 3.33. The van der Waals surface area contributed by atoms with E-state index in [9.17, 15) is 0 Å². The van der Waals surface area contributed by atoms with E-state index in [2.05, 4.69) is 36.1 Å². The summed E-state index contributed by atoms with van der Waals surface area (Å²) in [6, 6.07) is 0.